The number of fused-ring (bicyclic) bond motifs is 1. The summed E-state index contributed by atoms with van der Waals surface area (Å²) in [5, 5.41) is 1.29. The van der Waals surface area contributed by atoms with Gasteiger partial charge in [0.2, 0.25) is 29.3 Å². The summed E-state index contributed by atoms with van der Waals surface area (Å²) in [6.07, 6.45) is 18.6. The number of aryl methyl sites for hydroxylation is 14. The quantitative estimate of drug-likeness (QED) is 0.147. The number of rotatable bonds is 7. The topological polar surface area (TPSA) is 65.8 Å². The minimum absolute atomic E-state index is 0.390. The van der Waals surface area contributed by atoms with Crippen LogP contribution in [0.5, 0.6) is 0 Å². The van der Waals surface area contributed by atoms with E-state index in [9.17, 15) is 0 Å². The summed E-state index contributed by atoms with van der Waals surface area (Å²) in [4.78, 5) is 4.64. The molecule has 0 aliphatic carbocycles. The summed E-state index contributed by atoms with van der Waals surface area (Å²) >= 11 is 0. The maximum Gasteiger partial charge on any atom is 0.260 e. The van der Waals surface area contributed by atoms with E-state index in [2.05, 4.69) is 375 Å². The summed E-state index contributed by atoms with van der Waals surface area (Å²) in [6.45, 7) is 30.0. The molecule has 13 heteroatoms. The van der Waals surface area contributed by atoms with Gasteiger partial charge in [0.1, 0.15) is 22.8 Å². The Balaban J connectivity index is 0.000000142. The monoisotopic (exact) mass is 1220 g/mol. The lowest BCUT2D eigenvalue weighted by Gasteiger charge is -2.09. The molecule has 0 N–H and O–H groups in total. The first-order valence-corrected chi connectivity index (χ1v) is 31.4. The normalized spacial score (nSPS) is 10.7. The van der Waals surface area contributed by atoms with E-state index in [1.807, 2.05) is 44.8 Å². The number of nitrogens with zero attached hydrogens (tertiary/aromatic N) is 13. The van der Waals surface area contributed by atoms with Crippen LogP contribution in [0.4, 0.5) is 0 Å². The molecule has 0 fully saturated rings. The van der Waals surface area contributed by atoms with Gasteiger partial charge in [-0.15, -0.1) is 28.1 Å². The van der Waals surface area contributed by atoms with Crippen LogP contribution in [0.2, 0.25) is 0 Å². The smallest absolute Gasteiger partial charge is 0.254 e. The summed E-state index contributed by atoms with van der Waals surface area (Å²) in [7, 11) is 12.4. The second-order valence-electron chi connectivity index (χ2n) is 24.2. The molecule has 6 aromatic carbocycles. The predicted octanol–water partition coefficient (Wildman–Crippen LogP) is 13.2. The Bertz CT molecular complexity index is 4520. The fraction of sp³-hybridized carbons (Fsp3) is 0.269. The maximum absolute atomic E-state index is 4.64. The van der Waals surface area contributed by atoms with Crippen LogP contribution in [0.15, 0.2) is 220 Å². The standard InChI is InChI=1S/C18H22N3.C13H17N2.3C12H15N2.C11H13N2/c1-12(2)17-18(13(3)10-11-19-17)21-16-9-7-6-8-15(16)14(4)20(21)5;1-10-7-5-6-8-13(10)15-9-11(2)12(3)14(15)4;1-10-5-6-12(11(2)9-10)14-8-4-7-13(14)3;1-10-8-13(3)14(9-10)12-7-5-4-6-11(12)2;1-10-6-4-5-7-12(10)14-9-8-11(2)13(14)3;1-10-6-3-4-7-11(10)13-9-5-8-12(13)2/h6-12H,1-5H3;5-9H,1-4H3;3*4-9H,1-3H3;3-9H,1-2H3/q6*+1. The fourth-order valence-corrected chi connectivity index (χ4v) is 11.4. The Labute approximate surface area is 541 Å². The molecule has 0 aliphatic rings. The second kappa shape index (κ2) is 30.0. The molecule has 0 aliphatic heterocycles. The van der Waals surface area contributed by atoms with E-state index in [0.717, 1.165) is 5.69 Å². The highest BCUT2D eigenvalue weighted by Gasteiger charge is 2.28. The minimum atomic E-state index is 0.390. The highest BCUT2D eigenvalue weighted by atomic mass is 15.4. The van der Waals surface area contributed by atoms with Crippen LogP contribution in [0, 0.1) is 83.1 Å². The molecule has 0 bridgehead atoms. The number of para-hydroxylation sites is 5. The first-order chi connectivity index (χ1) is 43.5. The average Bonchev–Trinajstić information content (AvgIpc) is 1.63. The molecule has 13 rings (SSSR count). The number of pyridine rings is 1. The first-order valence-electron chi connectivity index (χ1n) is 31.4. The number of hydrogen-bond donors (Lipinski definition) is 0. The second-order valence-corrected chi connectivity index (χ2v) is 24.2. The van der Waals surface area contributed by atoms with Crippen molar-refractivity contribution in [2.45, 2.75) is 103 Å². The van der Waals surface area contributed by atoms with Gasteiger partial charge in [0.15, 0.2) is 39.7 Å². The molecular formula is C78H97N13+6. The third-order valence-corrected chi connectivity index (χ3v) is 17.0. The Morgan fingerprint density at radius 3 is 1.38 bits per heavy atom. The lowest BCUT2D eigenvalue weighted by Crippen LogP contribution is -2.42. The largest absolute Gasteiger partial charge is 0.260 e. The van der Waals surface area contributed by atoms with Gasteiger partial charge in [0.25, 0.3) is 5.69 Å². The van der Waals surface area contributed by atoms with Gasteiger partial charge in [-0.2, -0.15) is 14.0 Å². The van der Waals surface area contributed by atoms with E-state index in [1.165, 1.54) is 112 Å². The van der Waals surface area contributed by atoms with Crippen LogP contribution in [0.25, 0.3) is 45.0 Å². The molecule has 0 amide bonds. The fourth-order valence-electron chi connectivity index (χ4n) is 11.4. The first kappa shape index (κ1) is 66.9. The highest BCUT2D eigenvalue weighted by molar-refractivity contribution is 5.79. The van der Waals surface area contributed by atoms with Gasteiger partial charge in [0.05, 0.1) is 62.2 Å². The molecule has 0 radical (unpaired) electrons. The van der Waals surface area contributed by atoms with Gasteiger partial charge in [0, 0.05) is 76.3 Å². The van der Waals surface area contributed by atoms with E-state index >= 15 is 0 Å². The maximum atomic E-state index is 4.64. The Kier molecular flexibility index (Phi) is 22.1. The zero-order chi connectivity index (χ0) is 65.8. The van der Waals surface area contributed by atoms with Crippen molar-refractivity contribution in [1.29, 1.82) is 0 Å². The summed E-state index contributed by atoms with van der Waals surface area (Å²) in [5.41, 5.74) is 25.2. The van der Waals surface area contributed by atoms with Gasteiger partial charge < -0.3 is 0 Å². The van der Waals surface area contributed by atoms with E-state index < -0.39 is 0 Å². The van der Waals surface area contributed by atoms with E-state index in [-0.39, 0.29) is 0 Å². The van der Waals surface area contributed by atoms with Gasteiger partial charge in [-0.05, 0) is 130 Å². The molecular weight excluding hydrogens is 1120 g/mol. The van der Waals surface area contributed by atoms with Gasteiger partial charge in [-0.1, -0.05) is 131 Å². The molecule has 0 spiro atoms. The van der Waals surface area contributed by atoms with Crippen molar-refractivity contribution >= 4 is 10.9 Å². The third-order valence-electron chi connectivity index (χ3n) is 17.0. The Morgan fingerprint density at radius 2 is 0.912 bits per heavy atom. The lowest BCUT2D eigenvalue weighted by atomic mass is 10.0. The summed E-state index contributed by atoms with van der Waals surface area (Å²) < 4.78 is 25.8. The molecule has 0 saturated carbocycles. The third kappa shape index (κ3) is 15.5. The summed E-state index contributed by atoms with van der Waals surface area (Å²) in [6, 6.07) is 56.9. The van der Waals surface area contributed by atoms with E-state index in [1.54, 1.807) is 0 Å². The number of hydrogen-bond acceptors (Lipinski definition) is 1. The van der Waals surface area contributed by atoms with Gasteiger partial charge >= 0.3 is 0 Å². The van der Waals surface area contributed by atoms with Crippen molar-refractivity contribution in [3.05, 3.63) is 292 Å². The molecule has 91 heavy (non-hydrogen) atoms. The number of benzene rings is 6. The van der Waals surface area contributed by atoms with Crippen molar-refractivity contribution in [3.63, 3.8) is 0 Å². The molecule has 468 valence electrons. The van der Waals surface area contributed by atoms with Crippen molar-refractivity contribution in [3.8, 4) is 34.1 Å². The Morgan fingerprint density at radius 1 is 0.396 bits per heavy atom. The van der Waals surface area contributed by atoms with Crippen molar-refractivity contribution in [1.82, 2.24) is 33.1 Å². The molecule has 0 atom stereocenters. The summed E-state index contributed by atoms with van der Waals surface area (Å²) in [5.74, 6) is 0.390. The SMILES string of the molecule is Cc1ccc(-n2ccc[n+]2C)c(C)c1.Cc1ccccc1-[n+]1cc(C)c(C)n1C.Cc1ccccc1-[n+]1ccc(C)n1C.Cc1ccccc1-n1ccc[n+]1C.Cc1ccnc(C(C)C)c1-[n+]1c2ccccc2c(C)n1C.Cc1cn(-c2ccccc2C)[n+](C)c1. The molecule has 13 aromatic rings. The van der Waals surface area contributed by atoms with E-state index in [4.69, 9.17) is 0 Å². The molecule has 7 aromatic heterocycles. The average molecular weight is 1220 g/mol. The zero-order valence-corrected chi connectivity index (χ0v) is 57.7. The zero-order valence-electron chi connectivity index (χ0n) is 57.7. The minimum Gasteiger partial charge on any atom is -0.254 e. The van der Waals surface area contributed by atoms with Crippen molar-refractivity contribution in [2.24, 2.45) is 42.3 Å². The highest BCUT2D eigenvalue weighted by Crippen LogP contribution is 2.24. The predicted molar refractivity (Wildman–Crippen MR) is 368 cm³/mol. The van der Waals surface area contributed by atoms with Crippen LogP contribution in [0.1, 0.15) is 92.6 Å². The molecule has 0 saturated heterocycles. The molecule has 0 unspecified atom stereocenters. The van der Waals surface area contributed by atoms with Gasteiger partial charge in [-0.3, -0.25) is 4.98 Å². The Hall–Kier alpha value is -10.0. The lowest BCUT2D eigenvalue weighted by molar-refractivity contribution is -0.744. The van der Waals surface area contributed by atoms with Crippen LogP contribution in [-0.2, 0) is 42.3 Å². The van der Waals surface area contributed by atoms with Crippen molar-refractivity contribution < 1.29 is 28.1 Å². The van der Waals surface area contributed by atoms with E-state index in [0.29, 0.717) is 5.92 Å². The number of aromatic nitrogens is 13. The molecule has 7 heterocycles. The van der Waals surface area contributed by atoms with Crippen LogP contribution in [-0.4, -0.2) is 33.1 Å². The van der Waals surface area contributed by atoms with Crippen molar-refractivity contribution in [2.75, 3.05) is 0 Å². The molecule has 13 nitrogen and oxygen atoms in total. The van der Waals surface area contributed by atoms with Crippen LogP contribution < -0.4 is 28.1 Å². The van der Waals surface area contributed by atoms with Crippen LogP contribution in [0.3, 0.4) is 0 Å². The van der Waals surface area contributed by atoms with Crippen LogP contribution >= 0.6 is 0 Å². The van der Waals surface area contributed by atoms with Gasteiger partial charge in [-0.25, -0.2) is 0 Å².